The summed E-state index contributed by atoms with van der Waals surface area (Å²) in [5.41, 5.74) is 7.65. The quantitative estimate of drug-likeness (QED) is 0.907. The average molecular weight is 263 g/mol. The minimum Gasteiger partial charge on any atom is -0.367 e. The maximum Gasteiger partial charge on any atom is 0.160 e. The van der Waals surface area contributed by atoms with Crippen molar-refractivity contribution < 1.29 is 4.74 Å². The summed E-state index contributed by atoms with van der Waals surface area (Å²) in [4.78, 5) is 9.25. The lowest BCUT2D eigenvalue weighted by atomic mass is 9.83. The molecule has 0 saturated heterocycles. The minimum atomic E-state index is -0.270. The van der Waals surface area contributed by atoms with E-state index in [0.29, 0.717) is 6.61 Å². The number of rotatable bonds is 4. The highest BCUT2D eigenvalue weighted by molar-refractivity contribution is 5.21. The van der Waals surface area contributed by atoms with Crippen LogP contribution in [0.4, 0.5) is 0 Å². The van der Waals surface area contributed by atoms with Gasteiger partial charge in [0, 0.05) is 30.1 Å². The van der Waals surface area contributed by atoms with E-state index in [1.807, 2.05) is 27.0 Å². The Bertz CT molecular complexity index is 420. The molecule has 0 aromatic carbocycles. The molecule has 0 aliphatic heterocycles. The summed E-state index contributed by atoms with van der Waals surface area (Å²) in [6.07, 6.45) is 7.59. The molecule has 1 saturated carbocycles. The van der Waals surface area contributed by atoms with Crippen molar-refractivity contribution in [1.82, 2.24) is 9.97 Å². The van der Waals surface area contributed by atoms with Gasteiger partial charge in [-0.15, -0.1) is 0 Å². The third-order valence-corrected chi connectivity index (χ3v) is 4.00. The van der Waals surface area contributed by atoms with Gasteiger partial charge in [0.15, 0.2) is 5.82 Å². The number of nitrogens with two attached hydrogens (primary N) is 1. The minimum absolute atomic E-state index is 0.0246. The van der Waals surface area contributed by atoms with Gasteiger partial charge in [-0.1, -0.05) is 19.3 Å². The van der Waals surface area contributed by atoms with E-state index < -0.39 is 0 Å². The van der Waals surface area contributed by atoms with Crippen molar-refractivity contribution in [1.29, 1.82) is 0 Å². The molecule has 1 aromatic rings. The molecule has 1 aliphatic rings. The van der Waals surface area contributed by atoms with Crippen LogP contribution in [0.3, 0.4) is 0 Å². The van der Waals surface area contributed by atoms with Crippen LogP contribution in [0.2, 0.25) is 0 Å². The third kappa shape index (κ3) is 2.95. The van der Waals surface area contributed by atoms with Crippen LogP contribution in [0, 0.1) is 6.92 Å². The highest BCUT2D eigenvalue weighted by Gasteiger charge is 2.37. The number of ether oxygens (including phenoxy) is 1. The topological polar surface area (TPSA) is 61.0 Å². The first kappa shape index (κ1) is 14.4. The van der Waals surface area contributed by atoms with E-state index in [2.05, 4.69) is 4.98 Å². The first-order valence-corrected chi connectivity index (χ1v) is 7.32. The Hall–Kier alpha value is -1.00. The van der Waals surface area contributed by atoms with Gasteiger partial charge in [-0.3, -0.25) is 0 Å². The average Bonchev–Trinajstić information content (AvgIpc) is 2.39. The molecule has 19 heavy (non-hydrogen) atoms. The summed E-state index contributed by atoms with van der Waals surface area (Å²) in [6, 6.07) is -0.0246. The van der Waals surface area contributed by atoms with E-state index in [0.717, 1.165) is 29.9 Å². The standard InChI is InChI=1S/C15H25N3O/c1-4-19-15(8-6-5-7-9-15)14-17-10-13(11(2)16)12(3)18-14/h10-11H,4-9,16H2,1-3H3. The number of aryl methyl sites for hydroxylation is 1. The largest absolute Gasteiger partial charge is 0.367 e. The molecule has 0 amide bonds. The zero-order valence-electron chi connectivity index (χ0n) is 12.3. The van der Waals surface area contributed by atoms with Crippen molar-refractivity contribution in [2.75, 3.05) is 6.61 Å². The monoisotopic (exact) mass is 263 g/mol. The highest BCUT2D eigenvalue weighted by atomic mass is 16.5. The molecule has 0 radical (unpaired) electrons. The van der Waals surface area contributed by atoms with Crippen LogP contribution in [0.15, 0.2) is 6.20 Å². The number of hydrogen-bond acceptors (Lipinski definition) is 4. The molecule has 1 unspecified atom stereocenters. The van der Waals surface area contributed by atoms with E-state index in [-0.39, 0.29) is 11.6 Å². The fourth-order valence-corrected chi connectivity index (χ4v) is 2.97. The van der Waals surface area contributed by atoms with Gasteiger partial charge >= 0.3 is 0 Å². The molecule has 1 aliphatic carbocycles. The number of nitrogens with zero attached hydrogens (tertiary/aromatic N) is 2. The zero-order valence-corrected chi connectivity index (χ0v) is 12.3. The van der Waals surface area contributed by atoms with Gasteiger partial charge in [-0.25, -0.2) is 9.97 Å². The highest BCUT2D eigenvalue weighted by Crippen LogP contribution is 2.39. The second kappa shape index (κ2) is 5.97. The van der Waals surface area contributed by atoms with Crippen LogP contribution in [0.25, 0.3) is 0 Å². The van der Waals surface area contributed by atoms with Gasteiger partial charge in [0.2, 0.25) is 0 Å². The van der Waals surface area contributed by atoms with E-state index in [4.69, 9.17) is 15.5 Å². The van der Waals surface area contributed by atoms with Crippen LogP contribution >= 0.6 is 0 Å². The third-order valence-electron chi connectivity index (χ3n) is 4.00. The molecular weight excluding hydrogens is 238 g/mol. The maximum absolute atomic E-state index is 6.06. The summed E-state index contributed by atoms with van der Waals surface area (Å²) in [7, 11) is 0. The summed E-state index contributed by atoms with van der Waals surface area (Å²) >= 11 is 0. The molecule has 106 valence electrons. The molecule has 1 aromatic heterocycles. The molecule has 2 rings (SSSR count). The van der Waals surface area contributed by atoms with Gasteiger partial charge in [-0.2, -0.15) is 0 Å². The smallest absolute Gasteiger partial charge is 0.160 e. The molecule has 2 N–H and O–H groups in total. The van der Waals surface area contributed by atoms with Crippen LogP contribution in [0.1, 0.15) is 69.1 Å². The summed E-state index contributed by atoms with van der Waals surface area (Å²) in [6.45, 7) is 6.72. The Morgan fingerprint density at radius 3 is 2.58 bits per heavy atom. The normalized spacial score (nSPS) is 20.2. The fraction of sp³-hybridized carbons (Fsp3) is 0.733. The molecular formula is C15H25N3O. The van der Waals surface area contributed by atoms with E-state index >= 15 is 0 Å². The van der Waals surface area contributed by atoms with E-state index in [1.54, 1.807) is 0 Å². The lowest BCUT2D eigenvalue weighted by Crippen LogP contribution is -2.35. The lowest BCUT2D eigenvalue weighted by molar-refractivity contribution is -0.0768. The molecule has 1 atom stereocenters. The van der Waals surface area contributed by atoms with Gasteiger partial charge in [0.1, 0.15) is 5.60 Å². The first-order chi connectivity index (χ1) is 9.09. The molecule has 0 bridgehead atoms. The summed E-state index contributed by atoms with van der Waals surface area (Å²) in [5, 5.41) is 0. The Labute approximate surface area is 115 Å². The zero-order chi connectivity index (χ0) is 13.9. The lowest BCUT2D eigenvalue weighted by Gasteiger charge is -2.35. The summed E-state index contributed by atoms with van der Waals surface area (Å²) < 4.78 is 6.06. The maximum atomic E-state index is 6.06. The fourth-order valence-electron chi connectivity index (χ4n) is 2.97. The Morgan fingerprint density at radius 2 is 2.05 bits per heavy atom. The molecule has 1 fully saturated rings. The number of aromatic nitrogens is 2. The first-order valence-electron chi connectivity index (χ1n) is 7.32. The molecule has 0 spiro atoms. The van der Waals surface area contributed by atoms with Gasteiger partial charge in [0.05, 0.1) is 0 Å². The Kier molecular flexibility index (Phi) is 4.53. The van der Waals surface area contributed by atoms with Crippen LogP contribution in [0.5, 0.6) is 0 Å². The molecule has 1 heterocycles. The van der Waals surface area contributed by atoms with Crippen molar-refractivity contribution in [3.8, 4) is 0 Å². The Morgan fingerprint density at radius 1 is 1.37 bits per heavy atom. The second-order valence-corrected chi connectivity index (χ2v) is 5.51. The Balaban J connectivity index is 2.34. The van der Waals surface area contributed by atoms with E-state index in [9.17, 15) is 0 Å². The SMILES string of the molecule is CCOC1(c2ncc(C(C)N)c(C)n2)CCCCC1. The van der Waals surface area contributed by atoms with Gasteiger partial charge in [0.25, 0.3) is 0 Å². The van der Waals surface area contributed by atoms with E-state index in [1.165, 1.54) is 19.3 Å². The predicted molar refractivity (Wildman–Crippen MR) is 75.8 cm³/mol. The summed E-state index contributed by atoms with van der Waals surface area (Å²) in [5.74, 6) is 0.843. The molecule has 4 heteroatoms. The van der Waals surface area contributed by atoms with Gasteiger partial charge < -0.3 is 10.5 Å². The van der Waals surface area contributed by atoms with Crippen molar-refractivity contribution in [2.24, 2.45) is 5.73 Å². The van der Waals surface area contributed by atoms with Crippen molar-refractivity contribution >= 4 is 0 Å². The second-order valence-electron chi connectivity index (χ2n) is 5.51. The van der Waals surface area contributed by atoms with Crippen LogP contribution in [-0.4, -0.2) is 16.6 Å². The predicted octanol–water partition coefficient (Wildman–Crippen LogP) is 3.00. The van der Waals surface area contributed by atoms with Crippen molar-refractivity contribution in [2.45, 2.75) is 64.5 Å². The van der Waals surface area contributed by atoms with Crippen LogP contribution < -0.4 is 5.73 Å². The number of hydrogen-bond donors (Lipinski definition) is 1. The van der Waals surface area contributed by atoms with Crippen molar-refractivity contribution in [3.63, 3.8) is 0 Å². The van der Waals surface area contributed by atoms with Crippen LogP contribution in [-0.2, 0) is 10.3 Å². The van der Waals surface area contributed by atoms with Crippen molar-refractivity contribution in [3.05, 3.63) is 23.3 Å². The molecule has 4 nitrogen and oxygen atoms in total. The van der Waals surface area contributed by atoms with Gasteiger partial charge in [-0.05, 0) is 33.6 Å².